The molecule has 1 amide bonds. The Labute approximate surface area is 143 Å². The lowest BCUT2D eigenvalue weighted by atomic mass is 10.2. The number of carbonyl (C=O) groups excluding carboxylic acids is 1. The van der Waals surface area contributed by atoms with Gasteiger partial charge in [0.25, 0.3) is 0 Å². The van der Waals surface area contributed by atoms with Gasteiger partial charge in [-0.15, -0.1) is 0 Å². The minimum absolute atomic E-state index is 0.104. The monoisotopic (exact) mass is 364 g/mol. The van der Waals surface area contributed by atoms with Crippen LogP contribution in [0.1, 0.15) is 6.42 Å². The molecule has 0 bridgehead atoms. The first kappa shape index (κ1) is 19.7. The molecule has 1 rings (SSSR count). The van der Waals surface area contributed by atoms with Crippen LogP contribution in [0.25, 0.3) is 0 Å². The van der Waals surface area contributed by atoms with Crippen molar-refractivity contribution in [1.82, 2.24) is 5.32 Å². The molecule has 0 aromatic heterocycles. The number of aliphatic hydroxyl groups is 1. The molecule has 0 aliphatic rings. The standard InChI is InChI=1S/C14H18Cl2N2O5/c15-9-5-10(16)7-11(6-9)18-13(20)8-12(14(21)22)17-1-3-23-4-2-19/h5-7,12,17,19H,1-4,8H2,(H,18,20)(H,21,22)/t12-/m1/s1. The van der Waals surface area contributed by atoms with Gasteiger partial charge in [-0.25, -0.2) is 0 Å². The van der Waals surface area contributed by atoms with Crippen molar-refractivity contribution < 1.29 is 24.5 Å². The second kappa shape index (κ2) is 10.4. The van der Waals surface area contributed by atoms with Crippen molar-refractivity contribution in [2.45, 2.75) is 12.5 Å². The fraction of sp³-hybridized carbons (Fsp3) is 0.429. The molecule has 1 atom stereocenters. The first-order valence-electron chi connectivity index (χ1n) is 6.83. The van der Waals surface area contributed by atoms with Gasteiger partial charge in [-0.1, -0.05) is 23.2 Å². The zero-order valence-electron chi connectivity index (χ0n) is 12.2. The average Bonchev–Trinajstić information content (AvgIpc) is 2.44. The Morgan fingerprint density at radius 2 is 1.83 bits per heavy atom. The summed E-state index contributed by atoms with van der Waals surface area (Å²) >= 11 is 11.7. The first-order valence-corrected chi connectivity index (χ1v) is 7.58. The van der Waals surface area contributed by atoms with Crippen molar-refractivity contribution in [2.24, 2.45) is 0 Å². The van der Waals surface area contributed by atoms with Crippen LogP contribution >= 0.6 is 23.2 Å². The van der Waals surface area contributed by atoms with Gasteiger partial charge in [-0.2, -0.15) is 0 Å². The number of hydrogen-bond acceptors (Lipinski definition) is 5. The number of anilines is 1. The second-order valence-electron chi connectivity index (χ2n) is 4.59. The fourth-order valence-electron chi connectivity index (χ4n) is 1.74. The highest BCUT2D eigenvalue weighted by molar-refractivity contribution is 6.35. The summed E-state index contributed by atoms with van der Waals surface area (Å²) in [6, 6.07) is 3.49. The molecule has 4 N–H and O–H groups in total. The number of rotatable bonds is 10. The van der Waals surface area contributed by atoms with Gasteiger partial charge in [-0.05, 0) is 18.2 Å². The fourth-order valence-corrected chi connectivity index (χ4v) is 2.27. The normalized spacial score (nSPS) is 12.0. The van der Waals surface area contributed by atoms with E-state index in [9.17, 15) is 9.59 Å². The Balaban J connectivity index is 2.48. The van der Waals surface area contributed by atoms with Gasteiger partial charge in [0.05, 0.1) is 26.2 Å². The molecule has 0 unspecified atom stereocenters. The lowest BCUT2D eigenvalue weighted by molar-refractivity contribution is -0.141. The van der Waals surface area contributed by atoms with E-state index < -0.39 is 17.9 Å². The molecule has 1 aromatic carbocycles. The minimum atomic E-state index is -1.15. The number of ether oxygens (including phenoxy) is 1. The molecule has 128 valence electrons. The smallest absolute Gasteiger partial charge is 0.321 e. The predicted octanol–water partition coefficient (Wildman–Crippen LogP) is 1.37. The maximum Gasteiger partial charge on any atom is 0.321 e. The van der Waals surface area contributed by atoms with Crippen LogP contribution in [-0.2, 0) is 14.3 Å². The molecular formula is C14H18Cl2N2O5. The van der Waals surface area contributed by atoms with Crippen molar-refractivity contribution in [3.8, 4) is 0 Å². The summed E-state index contributed by atoms with van der Waals surface area (Å²) in [6.45, 7) is 0.547. The molecule has 0 heterocycles. The number of carboxylic acid groups (broad SMARTS) is 1. The molecule has 23 heavy (non-hydrogen) atoms. The van der Waals surface area contributed by atoms with Crippen LogP contribution in [0.15, 0.2) is 18.2 Å². The molecule has 0 fully saturated rings. The molecule has 0 saturated heterocycles. The van der Waals surface area contributed by atoms with Crippen molar-refractivity contribution in [3.05, 3.63) is 28.2 Å². The highest BCUT2D eigenvalue weighted by Gasteiger charge is 2.20. The Hall–Kier alpha value is -1.38. The number of carbonyl (C=O) groups is 2. The number of halogens is 2. The van der Waals surface area contributed by atoms with Crippen molar-refractivity contribution >= 4 is 40.8 Å². The van der Waals surface area contributed by atoms with Crippen LogP contribution in [0, 0.1) is 0 Å². The van der Waals surface area contributed by atoms with Crippen LogP contribution in [0.2, 0.25) is 10.0 Å². The van der Waals surface area contributed by atoms with Gasteiger partial charge in [0, 0.05) is 22.3 Å². The highest BCUT2D eigenvalue weighted by atomic mass is 35.5. The quantitative estimate of drug-likeness (QED) is 0.467. The van der Waals surface area contributed by atoms with Gasteiger partial charge in [0.15, 0.2) is 0 Å². The average molecular weight is 365 g/mol. The first-order chi connectivity index (χ1) is 10.9. The van der Waals surface area contributed by atoms with Gasteiger partial charge in [0.1, 0.15) is 6.04 Å². The van der Waals surface area contributed by atoms with Crippen LogP contribution in [0.5, 0.6) is 0 Å². The van der Waals surface area contributed by atoms with E-state index in [1.807, 2.05) is 0 Å². The van der Waals surface area contributed by atoms with E-state index in [1.54, 1.807) is 0 Å². The minimum Gasteiger partial charge on any atom is -0.480 e. The van der Waals surface area contributed by atoms with Gasteiger partial charge in [0.2, 0.25) is 5.91 Å². The van der Waals surface area contributed by atoms with E-state index >= 15 is 0 Å². The molecule has 0 spiro atoms. The lowest BCUT2D eigenvalue weighted by Crippen LogP contribution is -2.41. The molecule has 0 radical (unpaired) electrons. The molecule has 7 nitrogen and oxygen atoms in total. The van der Waals surface area contributed by atoms with E-state index in [1.165, 1.54) is 18.2 Å². The summed E-state index contributed by atoms with van der Waals surface area (Å²) in [7, 11) is 0. The van der Waals surface area contributed by atoms with E-state index in [0.29, 0.717) is 15.7 Å². The topological polar surface area (TPSA) is 108 Å². The Morgan fingerprint density at radius 3 is 2.39 bits per heavy atom. The van der Waals surface area contributed by atoms with Crippen LogP contribution in [0.3, 0.4) is 0 Å². The van der Waals surface area contributed by atoms with Gasteiger partial charge in [-0.3, -0.25) is 9.59 Å². The highest BCUT2D eigenvalue weighted by Crippen LogP contribution is 2.22. The number of aliphatic carboxylic acids is 1. The van der Waals surface area contributed by atoms with Crippen LogP contribution < -0.4 is 10.6 Å². The Bertz CT molecular complexity index is 522. The van der Waals surface area contributed by atoms with Gasteiger partial charge < -0.3 is 25.6 Å². The maximum atomic E-state index is 11.9. The Kier molecular flexibility index (Phi) is 8.90. The van der Waals surface area contributed by atoms with Gasteiger partial charge >= 0.3 is 5.97 Å². The summed E-state index contributed by atoms with van der Waals surface area (Å²) < 4.78 is 5.00. The molecule has 0 saturated carbocycles. The largest absolute Gasteiger partial charge is 0.480 e. The van der Waals surface area contributed by atoms with E-state index in [2.05, 4.69) is 10.6 Å². The predicted molar refractivity (Wildman–Crippen MR) is 87.0 cm³/mol. The number of amides is 1. The number of carboxylic acids is 1. The molecule has 0 aliphatic carbocycles. The Morgan fingerprint density at radius 1 is 1.17 bits per heavy atom. The van der Waals surface area contributed by atoms with Crippen molar-refractivity contribution in [3.63, 3.8) is 0 Å². The summed E-state index contributed by atoms with van der Waals surface area (Å²) in [5, 5.41) is 23.6. The number of hydrogen-bond donors (Lipinski definition) is 4. The summed E-state index contributed by atoms with van der Waals surface area (Å²) in [5.41, 5.74) is 0.392. The summed E-state index contributed by atoms with van der Waals surface area (Å²) in [4.78, 5) is 23.1. The molecular weight excluding hydrogens is 347 g/mol. The number of benzene rings is 1. The third-order valence-corrected chi connectivity index (χ3v) is 3.14. The van der Waals surface area contributed by atoms with Crippen molar-refractivity contribution in [1.29, 1.82) is 0 Å². The zero-order chi connectivity index (χ0) is 17.2. The van der Waals surface area contributed by atoms with Crippen LogP contribution in [-0.4, -0.2) is 54.5 Å². The van der Waals surface area contributed by atoms with E-state index in [-0.39, 0.29) is 32.8 Å². The molecule has 0 aliphatic heterocycles. The number of aliphatic hydroxyl groups excluding tert-OH is 1. The third kappa shape index (κ3) is 8.15. The van der Waals surface area contributed by atoms with E-state index in [4.69, 9.17) is 38.2 Å². The van der Waals surface area contributed by atoms with E-state index in [0.717, 1.165) is 0 Å². The molecule has 1 aromatic rings. The lowest BCUT2D eigenvalue weighted by Gasteiger charge is -2.14. The third-order valence-electron chi connectivity index (χ3n) is 2.71. The SMILES string of the molecule is O=C(C[C@@H](NCCOCCO)C(=O)O)Nc1cc(Cl)cc(Cl)c1. The van der Waals surface area contributed by atoms with Crippen molar-refractivity contribution in [2.75, 3.05) is 31.7 Å². The number of nitrogens with one attached hydrogen (secondary N) is 2. The molecule has 9 heteroatoms. The summed E-state index contributed by atoms with van der Waals surface area (Å²) in [5.74, 6) is -1.63. The second-order valence-corrected chi connectivity index (χ2v) is 5.46. The summed E-state index contributed by atoms with van der Waals surface area (Å²) in [6.07, 6.45) is -0.264. The zero-order valence-corrected chi connectivity index (χ0v) is 13.7. The maximum absolute atomic E-state index is 11.9. The van der Waals surface area contributed by atoms with Crippen LogP contribution in [0.4, 0.5) is 5.69 Å².